The molecular weight excluding hydrogens is 443 g/mol. The molecule has 0 radical (unpaired) electrons. The Balaban J connectivity index is 1.47. The van der Waals surface area contributed by atoms with E-state index in [0.717, 1.165) is 54.3 Å². The van der Waals surface area contributed by atoms with Gasteiger partial charge in [-0.05, 0) is 47.0 Å². The van der Waals surface area contributed by atoms with Gasteiger partial charge in [0, 0.05) is 59.0 Å². The van der Waals surface area contributed by atoms with Gasteiger partial charge in [0.1, 0.15) is 0 Å². The van der Waals surface area contributed by atoms with Crippen molar-refractivity contribution < 1.29 is 9.53 Å². The molecule has 2 heterocycles. The first-order chi connectivity index (χ1) is 15.6. The number of aromatic nitrogens is 1. The van der Waals surface area contributed by atoms with Gasteiger partial charge < -0.3 is 9.64 Å². The maximum atomic E-state index is 12.9. The molecule has 0 amide bonds. The minimum absolute atomic E-state index is 0.0694. The fourth-order valence-corrected chi connectivity index (χ4v) is 5.01. The topological polar surface area (TPSA) is 42.4 Å². The molecule has 2 aliphatic rings. The van der Waals surface area contributed by atoms with Crippen molar-refractivity contribution in [3.63, 3.8) is 0 Å². The van der Waals surface area contributed by atoms with Gasteiger partial charge in [-0.25, -0.2) is 0 Å². The molecule has 1 aliphatic carbocycles. The van der Waals surface area contributed by atoms with Gasteiger partial charge in [0.05, 0.1) is 18.9 Å². The Morgan fingerprint density at radius 1 is 0.938 bits per heavy atom. The van der Waals surface area contributed by atoms with Crippen molar-refractivity contribution in [1.82, 2.24) is 4.98 Å². The zero-order valence-corrected chi connectivity index (χ0v) is 19.0. The number of benzene rings is 2. The van der Waals surface area contributed by atoms with E-state index in [0.29, 0.717) is 28.5 Å². The molecule has 2 aromatic carbocycles. The smallest absolute Gasteiger partial charge is 0.169 e. The first-order valence-electron chi connectivity index (χ1n) is 10.7. The first-order valence-corrected chi connectivity index (χ1v) is 11.4. The Morgan fingerprint density at radius 3 is 2.38 bits per heavy atom. The zero-order chi connectivity index (χ0) is 22.1. The van der Waals surface area contributed by atoms with Crippen molar-refractivity contribution in [3.8, 4) is 0 Å². The van der Waals surface area contributed by atoms with Crippen LogP contribution >= 0.6 is 23.2 Å². The number of rotatable bonds is 4. The number of Topliss-reactive ketones (excluding diaryl/α,β-unsaturated/α-hetero) is 1. The molecule has 1 aliphatic heterocycles. The molecule has 162 valence electrons. The molecule has 0 atom stereocenters. The van der Waals surface area contributed by atoms with Crippen molar-refractivity contribution in [3.05, 3.63) is 98.8 Å². The summed E-state index contributed by atoms with van der Waals surface area (Å²) < 4.78 is 5.44. The summed E-state index contributed by atoms with van der Waals surface area (Å²) in [5.41, 5.74) is 6.24. The van der Waals surface area contributed by atoms with E-state index < -0.39 is 0 Å². The summed E-state index contributed by atoms with van der Waals surface area (Å²) in [6.45, 7) is 3.33. The summed E-state index contributed by atoms with van der Waals surface area (Å²) in [7, 11) is 0. The highest BCUT2D eigenvalue weighted by Crippen LogP contribution is 2.39. The predicted molar refractivity (Wildman–Crippen MR) is 129 cm³/mol. The number of anilines is 1. The Hall–Kier alpha value is -2.66. The molecule has 6 heteroatoms. The maximum absolute atomic E-state index is 12.9. The fourth-order valence-electron chi connectivity index (χ4n) is 4.41. The first kappa shape index (κ1) is 21.2. The normalized spacial score (nSPS) is 16.0. The summed E-state index contributed by atoms with van der Waals surface area (Å²) in [5.74, 6) is 0.0694. The van der Waals surface area contributed by atoms with Crippen molar-refractivity contribution >= 4 is 40.2 Å². The van der Waals surface area contributed by atoms with Gasteiger partial charge in [-0.15, -0.1) is 0 Å². The highest BCUT2D eigenvalue weighted by Gasteiger charge is 2.26. The second-order valence-corrected chi connectivity index (χ2v) is 8.78. The molecule has 0 N–H and O–H groups in total. The van der Waals surface area contributed by atoms with E-state index in [1.807, 2.05) is 30.3 Å². The summed E-state index contributed by atoms with van der Waals surface area (Å²) in [6, 6.07) is 15.8. The molecule has 1 saturated heterocycles. The lowest BCUT2D eigenvalue weighted by Crippen LogP contribution is -2.36. The van der Waals surface area contributed by atoms with Gasteiger partial charge in [0.2, 0.25) is 0 Å². The van der Waals surface area contributed by atoms with Crippen molar-refractivity contribution in [2.75, 3.05) is 31.2 Å². The van der Waals surface area contributed by atoms with E-state index in [-0.39, 0.29) is 5.78 Å². The van der Waals surface area contributed by atoms with Crippen LogP contribution in [0.1, 0.15) is 39.2 Å². The van der Waals surface area contributed by atoms with E-state index in [4.69, 9.17) is 27.9 Å². The summed E-state index contributed by atoms with van der Waals surface area (Å²) >= 11 is 13.0. The average molecular weight is 465 g/mol. The van der Waals surface area contributed by atoms with Gasteiger partial charge in [0.25, 0.3) is 0 Å². The number of allylic oxidation sites excluding steroid dienone is 1. The molecule has 1 aromatic heterocycles. The number of nitrogens with zero attached hydrogens (tertiary/aromatic N) is 2. The van der Waals surface area contributed by atoms with Crippen molar-refractivity contribution in [1.29, 1.82) is 0 Å². The van der Waals surface area contributed by atoms with Crippen LogP contribution < -0.4 is 4.90 Å². The standard InChI is InChI=1S/C26H22Cl2N2O2/c27-21-2-1-3-22(28)25(21)19-8-9-24(31)26-20(19)10-11-29-23(26)16-17-4-6-18(7-5-17)30-12-14-32-15-13-30/h1-8,10-11H,9,12-16H2. The second kappa shape index (κ2) is 9.07. The van der Waals surface area contributed by atoms with E-state index in [9.17, 15) is 4.79 Å². The molecule has 32 heavy (non-hydrogen) atoms. The Morgan fingerprint density at radius 2 is 1.66 bits per heavy atom. The number of carbonyl (C=O) groups is 1. The van der Waals surface area contributed by atoms with Crippen molar-refractivity contribution in [2.45, 2.75) is 12.8 Å². The van der Waals surface area contributed by atoms with Crippen LogP contribution in [0.4, 0.5) is 5.69 Å². The van der Waals surface area contributed by atoms with Crippen LogP contribution in [0.5, 0.6) is 0 Å². The lowest BCUT2D eigenvalue weighted by Gasteiger charge is -2.29. The number of morpholine rings is 1. The van der Waals surface area contributed by atoms with Gasteiger partial charge in [0.15, 0.2) is 5.78 Å². The number of pyridine rings is 1. The average Bonchev–Trinajstić information content (AvgIpc) is 2.81. The predicted octanol–water partition coefficient (Wildman–Crippen LogP) is 5.83. The second-order valence-electron chi connectivity index (χ2n) is 7.96. The van der Waals surface area contributed by atoms with E-state index in [1.165, 1.54) is 5.69 Å². The molecule has 0 unspecified atom stereocenters. The lowest BCUT2D eigenvalue weighted by molar-refractivity contribution is 0.0993. The summed E-state index contributed by atoms with van der Waals surface area (Å²) in [4.78, 5) is 19.8. The third kappa shape index (κ3) is 4.06. The highest BCUT2D eigenvalue weighted by atomic mass is 35.5. The highest BCUT2D eigenvalue weighted by molar-refractivity contribution is 6.38. The van der Waals surface area contributed by atoms with Gasteiger partial charge in [-0.3, -0.25) is 9.78 Å². The largest absolute Gasteiger partial charge is 0.378 e. The van der Waals surface area contributed by atoms with Gasteiger partial charge >= 0.3 is 0 Å². The van der Waals surface area contributed by atoms with Crippen molar-refractivity contribution in [2.24, 2.45) is 0 Å². The van der Waals surface area contributed by atoms with Crippen LogP contribution in [0, 0.1) is 0 Å². The van der Waals surface area contributed by atoms with Crippen LogP contribution in [0.15, 0.2) is 60.8 Å². The SMILES string of the molecule is O=C1CC=C(c2c(Cl)cccc2Cl)c2ccnc(Cc3ccc(N4CCOCC4)cc3)c21. The minimum atomic E-state index is 0.0694. The van der Waals surface area contributed by atoms with Crippen LogP contribution in [0.2, 0.25) is 10.0 Å². The van der Waals surface area contributed by atoms with Gasteiger partial charge in [-0.2, -0.15) is 0 Å². The summed E-state index contributed by atoms with van der Waals surface area (Å²) in [6.07, 6.45) is 4.56. The fraction of sp³-hybridized carbons (Fsp3) is 0.231. The Kier molecular flexibility index (Phi) is 6.01. The Bertz CT molecular complexity index is 1180. The number of hydrogen-bond acceptors (Lipinski definition) is 4. The number of fused-ring (bicyclic) bond motifs is 1. The zero-order valence-electron chi connectivity index (χ0n) is 17.5. The molecule has 1 fully saturated rings. The summed E-state index contributed by atoms with van der Waals surface area (Å²) in [5, 5.41) is 1.14. The lowest BCUT2D eigenvalue weighted by atomic mass is 9.84. The molecule has 0 saturated carbocycles. The molecular formula is C26H22Cl2N2O2. The van der Waals surface area contributed by atoms with Crippen LogP contribution in [0.25, 0.3) is 5.57 Å². The number of halogens is 2. The molecule has 5 rings (SSSR count). The number of ketones is 1. The maximum Gasteiger partial charge on any atom is 0.169 e. The molecule has 3 aromatic rings. The minimum Gasteiger partial charge on any atom is -0.378 e. The number of ether oxygens (including phenoxy) is 1. The number of hydrogen-bond donors (Lipinski definition) is 0. The molecule has 4 nitrogen and oxygen atoms in total. The number of carbonyl (C=O) groups excluding carboxylic acids is 1. The van der Waals surface area contributed by atoms with Crippen LogP contribution in [-0.4, -0.2) is 37.1 Å². The van der Waals surface area contributed by atoms with Gasteiger partial charge in [-0.1, -0.05) is 47.5 Å². The van der Waals surface area contributed by atoms with E-state index in [1.54, 1.807) is 6.20 Å². The van der Waals surface area contributed by atoms with Crippen LogP contribution in [0.3, 0.4) is 0 Å². The monoisotopic (exact) mass is 464 g/mol. The quantitative estimate of drug-likeness (QED) is 0.486. The van der Waals surface area contributed by atoms with E-state index >= 15 is 0 Å². The third-order valence-corrected chi connectivity index (χ3v) is 6.64. The molecule has 0 bridgehead atoms. The van der Waals surface area contributed by atoms with E-state index in [2.05, 4.69) is 34.1 Å². The molecule has 0 spiro atoms. The van der Waals surface area contributed by atoms with Crippen LogP contribution in [-0.2, 0) is 11.2 Å². The third-order valence-electron chi connectivity index (χ3n) is 6.01. The Labute approximate surface area is 197 Å².